The maximum Gasteiger partial charge on any atom is 0.249 e. The van der Waals surface area contributed by atoms with Crippen LogP contribution in [0.25, 0.3) is 33.7 Å². The average Bonchev–Trinajstić information content (AvgIpc) is 3.05. The van der Waals surface area contributed by atoms with Crippen molar-refractivity contribution in [3.05, 3.63) is 42.9 Å². The zero-order valence-corrected chi connectivity index (χ0v) is 9.29. The number of aromatic nitrogens is 4. The SMILES string of the molecule is c1ccc(-c2nc3c(ncc4[nH]cnc43)o2)cc1. The van der Waals surface area contributed by atoms with Crippen molar-refractivity contribution in [1.82, 2.24) is 19.9 Å². The highest BCUT2D eigenvalue weighted by molar-refractivity contribution is 5.97. The molecule has 5 heteroatoms. The minimum absolute atomic E-state index is 0.508. The maximum absolute atomic E-state index is 5.66. The van der Waals surface area contributed by atoms with E-state index >= 15 is 0 Å². The van der Waals surface area contributed by atoms with Crippen LogP contribution in [0.5, 0.6) is 0 Å². The van der Waals surface area contributed by atoms with Crippen molar-refractivity contribution in [2.24, 2.45) is 0 Å². The number of aromatic amines is 1. The van der Waals surface area contributed by atoms with Gasteiger partial charge in [0.1, 0.15) is 5.52 Å². The lowest BCUT2D eigenvalue weighted by molar-refractivity contribution is 0.608. The largest absolute Gasteiger partial charge is 0.418 e. The van der Waals surface area contributed by atoms with Crippen LogP contribution in [0.2, 0.25) is 0 Å². The van der Waals surface area contributed by atoms with Crippen molar-refractivity contribution >= 4 is 22.3 Å². The van der Waals surface area contributed by atoms with E-state index in [4.69, 9.17) is 4.42 Å². The summed E-state index contributed by atoms with van der Waals surface area (Å²) in [5.74, 6) is 0.564. The molecule has 4 rings (SSSR count). The van der Waals surface area contributed by atoms with E-state index < -0.39 is 0 Å². The van der Waals surface area contributed by atoms with Crippen LogP contribution in [-0.2, 0) is 0 Å². The summed E-state index contributed by atoms with van der Waals surface area (Å²) < 4.78 is 5.66. The summed E-state index contributed by atoms with van der Waals surface area (Å²) in [5.41, 5.74) is 3.77. The molecule has 5 nitrogen and oxygen atoms in total. The number of H-pyrrole nitrogens is 1. The van der Waals surface area contributed by atoms with E-state index in [9.17, 15) is 0 Å². The second kappa shape index (κ2) is 3.40. The van der Waals surface area contributed by atoms with Gasteiger partial charge < -0.3 is 9.40 Å². The molecule has 3 heterocycles. The number of oxazole rings is 1. The summed E-state index contributed by atoms with van der Waals surface area (Å²) in [4.78, 5) is 15.9. The second-order valence-electron chi connectivity index (χ2n) is 3.96. The monoisotopic (exact) mass is 236 g/mol. The number of hydrogen-bond donors (Lipinski definition) is 1. The van der Waals surface area contributed by atoms with E-state index in [0.29, 0.717) is 17.1 Å². The Bertz CT molecular complexity index is 832. The molecule has 0 spiro atoms. The number of nitrogens with zero attached hydrogens (tertiary/aromatic N) is 3. The molecule has 0 atom stereocenters. The van der Waals surface area contributed by atoms with Crippen molar-refractivity contribution in [2.75, 3.05) is 0 Å². The molecule has 1 aromatic carbocycles. The second-order valence-corrected chi connectivity index (χ2v) is 3.96. The van der Waals surface area contributed by atoms with E-state index in [1.807, 2.05) is 30.3 Å². The fraction of sp³-hybridized carbons (Fsp3) is 0. The first kappa shape index (κ1) is 9.35. The number of rotatable bonds is 1. The van der Waals surface area contributed by atoms with E-state index in [1.54, 1.807) is 12.5 Å². The van der Waals surface area contributed by atoms with Gasteiger partial charge in [0.2, 0.25) is 11.6 Å². The van der Waals surface area contributed by atoms with Crippen molar-refractivity contribution in [3.8, 4) is 11.5 Å². The van der Waals surface area contributed by atoms with E-state index in [1.165, 1.54) is 0 Å². The molecule has 3 aromatic heterocycles. The normalized spacial score (nSPS) is 11.3. The lowest BCUT2D eigenvalue weighted by atomic mass is 10.2. The molecule has 0 unspecified atom stereocenters. The van der Waals surface area contributed by atoms with Crippen molar-refractivity contribution < 1.29 is 4.42 Å². The molecule has 0 saturated heterocycles. The van der Waals surface area contributed by atoms with Gasteiger partial charge in [0.25, 0.3) is 0 Å². The first-order chi connectivity index (χ1) is 8.92. The highest BCUT2D eigenvalue weighted by atomic mass is 16.4. The molecular formula is C13H8N4O. The fourth-order valence-corrected chi connectivity index (χ4v) is 1.97. The minimum atomic E-state index is 0.508. The molecule has 18 heavy (non-hydrogen) atoms. The highest BCUT2D eigenvalue weighted by Crippen LogP contribution is 2.26. The molecule has 0 saturated carbocycles. The minimum Gasteiger partial charge on any atom is -0.418 e. The maximum atomic E-state index is 5.66. The molecular weight excluding hydrogens is 228 g/mol. The molecule has 0 amide bonds. The van der Waals surface area contributed by atoms with Crippen molar-refractivity contribution in [3.63, 3.8) is 0 Å². The van der Waals surface area contributed by atoms with Gasteiger partial charge in [0, 0.05) is 5.56 Å². The molecule has 4 aromatic rings. The Kier molecular flexibility index (Phi) is 1.77. The lowest BCUT2D eigenvalue weighted by Crippen LogP contribution is -1.78. The van der Waals surface area contributed by atoms with Crippen LogP contribution in [0.3, 0.4) is 0 Å². The predicted molar refractivity (Wildman–Crippen MR) is 66.9 cm³/mol. The molecule has 1 N–H and O–H groups in total. The molecule has 0 radical (unpaired) electrons. The van der Waals surface area contributed by atoms with E-state index in [0.717, 1.165) is 16.6 Å². The van der Waals surface area contributed by atoms with E-state index in [-0.39, 0.29) is 0 Å². The summed E-state index contributed by atoms with van der Waals surface area (Å²) in [7, 11) is 0. The predicted octanol–water partition coefficient (Wildman–Crippen LogP) is 2.77. The van der Waals surface area contributed by atoms with E-state index in [2.05, 4.69) is 19.9 Å². The van der Waals surface area contributed by atoms with Gasteiger partial charge in [-0.05, 0) is 12.1 Å². The van der Waals surface area contributed by atoms with Gasteiger partial charge in [-0.25, -0.2) is 15.0 Å². The molecule has 0 aliphatic rings. The smallest absolute Gasteiger partial charge is 0.249 e. The van der Waals surface area contributed by atoms with Crippen LogP contribution in [0, 0.1) is 0 Å². The molecule has 86 valence electrons. The highest BCUT2D eigenvalue weighted by Gasteiger charge is 2.12. The number of pyridine rings is 1. The number of hydrogen-bond acceptors (Lipinski definition) is 4. The standard InChI is InChI=1S/C13H8N4O/c1-2-4-8(5-3-1)12-17-11-10-9(15-7-16-10)6-14-13(11)18-12/h1-7H,(H,15,16). The Labute approximate surface area is 102 Å². The van der Waals surface area contributed by atoms with Crippen LogP contribution < -0.4 is 0 Å². The number of fused-ring (bicyclic) bond motifs is 3. The summed E-state index contributed by atoms with van der Waals surface area (Å²) >= 11 is 0. The summed E-state index contributed by atoms with van der Waals surface area (Å²) in [6.07, 6.45) is 3.33. The third-order valence-corrected chi connectivity index (χ3v) is 2.83. The number of benzene rings is 1. The van der Waals surface area contributed by atoms with Crippen LogP contribution in [0.4, 0.5) is 0 Å². The Morgan fingerprint density at radius 3 is 2.78 bits per heavy atom. The first-order valence-corrected chi connectivity index (χ1v) is 5.56. The van der Waals surface area contributed by atoms with Gasteiger partial charge in [-0.3, -0.25) is 0 Å². The third kappa shape index (κ3) is 1.24. The van der Waals surface area contributed by atoms with Crippen LogP contribution in [0.1, 0.15) is 0 Å². The lowest BCUT2D eigenvalue weighted by Gasteiger charge is -1.91. The van der Waals surface area contributed by atoms with Gasteiger partial charge >= 0.3 is 0 Å². The Morgan fingerprint density at radius 2 is 1.89 bits per heavy atom. The topological polar surface area (TPSA) is 67.6 Å². The zero-order valence-electron chi connectivity index (χ0n) is 9.29. The fourth-order valence-electron chi connectivity index (χ4n) is 1.97. The Hall–Kier alpha value is -2.69. The van der Waals surface area contributed by atoms with Gasteiger partial charge in [-0.15, -0.1) is 0 Å². The Balaban J connectivity index is 2.04. The van der Waals surface area contributed by atoms with Crippen LogP contribution >= 0.6 is 0 Å². The van der Waals surface area contributed by atoms with Crippen molar-refractivity contribution in [2.45, 2.75) is 0 Å². The van der Waals surface area contributed by atoms with Crippen LogP contribution in [-0.4, -0.2) is 19.9 Å². The third-order valence-electron chi connectivity index (χ3n) is 2.83. The van der Waals surface area contributed by atoms with Gasteiger partial charge in [-0.1, -0.05) is 18.2 Å². The quantitative estimate of drug-likeness (QED) is 0.551. The molecule has 0 aliphatic carbocycles. The van der Waals surface area contributed by atoms with Crippen molar-refractivity contribution in [1.29, 1.82) is 0 Å². The zero-order chi connectivity index (χ0) is 11.9. The first-order valence-electron chi connectivity index (χ1n) is 5.56. The van der Waals surface area contributed by atoms with Gasteiger partial charge in [0.05, 0.1) is 18.0 Å². The van der Waals surface area contributed by atoms with Gasteiger partial charge in [-0.2, -0.15) is 0 Å². The summed E-state index contributed by atoms with van der Waals surface area (Å²) in [6, 6.07) is 9.75. The number of nitrogens with one attached hydrogen (secondary N) is 1. The molecule has 0 bridgehead atoms. The summed E-state index contributed by atoms with van der Waals surface area (Å²) in [5, 5.41) is 0. The average molecular weight is 236 g/mol. The molecule has 0 fully saturated rings. The van der Waals surface area contributed by atoms with Gasteiger partial charge in [0.15, 0.2) is 5.52 Å². The Morgan fingerprint density at radius 1 is 1.00 bits per heavy atom. The number of imidazole rings is 1. The molecule has 0 aliphatic heterocycles. The van der Waals surface area contributed by atoms with Crippen LogP contribution in [0.15, 0.2) is 47.3 Å². The summed E-state index contributed by atoms with van der Waals surface area (Å²) in [6.45, 7) is 0.